The lowest BCUT2D eigenvalue weighted by atomic mass is 9.99. The summed E-state index contributed by atoms with van der Waals surface area (Å²) in [5, 5.41) is 2.72. The molecule has 84 valence electrons. The summed E-state index contributed by atoms with van der Waals surface area (Å²) in [6.07, 6.45) is 3.40. The van der Waals surface area contributed by atoms with Crippen molar-refractivity contribution in [1.82, 2.24) is 0 Å². The zero-order chi connectivity index (χ0) is 11.4. The van der Waals surface area contributed by atoms with Crippen molar-refractivity contribution in [1.29, 1.82) is 0 Å². The third kappa shape index (κ3) is 2.61. The van der Waals surface area contributed by atoms with Crippen molar-refractivity contribution < 1.29 is 0 Å². The summed E-state index contributed by atoms with van der Waals surface area (Å²) >= 11 is 0. The van der Waals surface area contributed by atoms with E-state index in [4.69, 9.17) is 5.73 Å². The number of nitrogens with two attached hydrogens (primary N) is 1. The molecule has 2 aromatic rings. The topological polar surface area (TPSA) is 26.0 Å². The van der Waals surface area contributed by atoms with Crippen LogP contribution in [-0.4, -0.2) is 6.04 Å². The second-order valence-corrected chi connectivity index (χ2v) is 4.51. The minimum atomic E-state index is 0.315. The summed E-state index contributed by atoms with van der Waals surface area (Å²) in [4.78, 5) is 0. The zero-order valence-electron chi connectivity index (χ0n) is 9.82. The number of hydrogen-bond donors (Lipinski definition) is 1. The van der Waals surface area contributed by atoms with Gasteiger partial charge in [0, 0.05) is 6.04 Å². The maximum Gasteiger partial charge on any atom is 0.00105 e. The molecule has 2 aromatic carbocycles. The summed E-state index contributed by atoms with van der Waals surface area (Å²) in [7, 11) is 0. The lowest BCUT2D eigenvalue weighted by molar-refractivity contribution is 0.625. The molecular weight excluding hydrogens is 194 g/mol. The van der Waals surface area contributed by atoms with Crippen LogP contribution in [0, 0.1) is 0 Å². The first-order valence-corrected chi connectivity index (χ1v) is 5.99. The van der Waals surface area contributed by atoms with Crippen LogP contribution in [0.5, 0.6) is 0 Å². The standard InChI is InChI=1S/C15H19N/c1-12(16)6-4-8-14-10-5-9-13-7-2-3-11-15(13)14/h2-3,5,7,9-12H,4,6,8,16H2,1H3. The predicted molar refractivity (Wildman–Crippen MR) is 70.5 cm³/mol. The molecule has 2 rings (SSSR count). The Bertz CT molecular complexity index is 454. The van der Waals surface area contributed by atoms with Gasteiger partial charge in [-0.1, -0.05) is 42.5 Å². The second kappa shape index (κ2) is 5.13. The van der Waals surface area contributed by atoms with Gasteiger partial charge in [-0.25, -0.2) is 0 Å². The highest BCUT2D eigenvalue weighted by Crippen LogP contribution is 2.20. The third-order valence-electron chi connectivity index (χ3n) is 2.99. The van der Waals surface area contributed by atoms with Crippen LogP contribution < -0.4 is 5.73 Å². The lowest BCUT2D eigenvalue weighted by Crippen LogP contribution is -2.14. The van der Waals surface area contributed by atoms with Gasteiger partial charge in [-0.2, -0.15) is 0 Å². The quantitative estimate of drug-likeness (QED) is 0.826. The van der Waals surface area contributed by atoms with Crippen LogP contribution in [0.15, 0.2) is 42.5 Å². The minimum Gasteiger partial charge on any atom is -0.328 e. The Morgan fingerprint density at radius 3 is 2.62 bits per heavy atom. The van der Waals surface area contributed by atoms with Gasteiger partial charge in [0.15, 0.2) is 0 Å². The molecule has 1 nitrogen and oxygen atoms in total. The number of aryl methyl sites for hydroxylation is 1. The first-order valence-electron chi connectivity index (χ1n) is 5.99. The Morgan fingerprint density at radius 2 is 1.81 bits per heavy atom. The maximum atomic E-state index is 5.77. The lowest BCUT2D eigenvalue weighted by Gasteiger charge is -2.07. The van der Waals surface area contributed by atoms with E-state index in [0.29, 0.717) is 6.04 Å². The molecule has 0 fully saturated rings. The summed E-state index contributed by atoms with van der Waals surface area (Å²) in [6.45, 7) is 2.07. The van der Waals surface area contributed by atoms with E-state index in [1.54, 1.807) is 0 Å². The summed E-state index contributed by atoms with van der Waals surface area (Å²) < 4.78 is 0. The van der Waals surface area contributed by atoms with E-state index in [9.17, 15) is 0 Å². The van der Waals surface area contributed by atoms with Crippen molar-refractivity contribution in [2.75, 3.05) is 0 Å². The van der Waals surface area contributed by atoms with Crippen molar-refractivity contribution in [3.8, 4) is 0 Å². The largest absolute Gasteiger partial charge is 0.328 e. The Kier molecular flexibility index (Phi) is 3.58. The van der Waals surface area contributed by atoms with Crippen LogP contribution in [0.3, 0.4) is 0 Å². The SMILES string of the molecule is CC(N)CCCc1cccc2ccccc12. The molecule has 0 saturated heterocycles. The molecule has 0 aliphatic carbocycles. The highest BCUT2D eigenvalue weighted by molar-refractivity contribution is 5.85. The first kappa shape index (κ1) is 11.2. The summed E-state index contributed by atoms with van der Waals surface area (Å²) in [5.74, 6) is 0. The fourth-order valence-corrected chi connectivity index (χ4v) is 2.12. The molecule has 1 atom stereocenters. The smallest absolute Gasteiger partial charge is 0.00105 e. The summed E-state index contributed by atoms with van der Waals surface area (Å²) in [6, 6.07) is 15.4. The molecule has 0 bridgehead atoms. The Labute approximate surface area is 97.3 Å². The van der Waals surface area contributed by atoms with Gasteiger partial charge in [0.2, 0.25) is 0 Å². The van der Waals surface area contributed by atoms with Crippen molar-refractivity contribution >= 4 is 10.8 Å². The average molecular weight is 213 g/mol. The predicted octanol–water partition coefficient (Wildman–Crippen LogP) is 3.51. The number of hydrogen-bond acceptors (Lipinski definition) is 1. The molecule has 16 heavy (non-hydrogen) atoms. The molecule has 0 radical (unpaired) electrons. The molecule has 0 saturated carbocycles. The fraction of sp³-hybridized carbons (Fsp3) is 0.333. The second-order valence-electron chi connectivity index (χ2n) is 4.51. The Hall–Kier alpha value is -1.34. The van der Waals surface area contributed by atoms with E-state index in [0.717, 1.165) is 12.8 Å². The van der Waals surface area contributed by atoms with Gasteiger partial charge >= 0.3 is 0 Å². The molecular formula is C15H19N. The van der Waals surface area contributed by atoms with Crippen molar-refractivity contribution in [3.63, 3.8) is 0 Å². The van der Waals surface area contributed by atoms with E-state index in [1.165, 1.54) is 22.8 Å². The Balaban J connectivity index is 2.17. The summed E-state index contributed by atoms with van der Waals surface area (Å²) in [5.41, 5.74) is 7.21. The number of fused-ring (bicyclic) bond motifs is 1. The van der Waals surface area contributed by atoms with E-state index in [1.807, 2.05) is 0 Å². The van der Waals surface area contributed by atoms with Crippen molar-refractivity contribution in [3.05, 3.63) is 48.0 Å². The monoisotopic (exact) mass is 213 g/mol. The van der Waals surface area contributed by atoms with Crippen LogP contribution in [0.1, 0.15) is 25.3 Å². The molecule has 1 heteroatoms. The normalized spacial score (nSPS) is 12.9. The van der Waals surface area contributed by atoms with Gasteiger partial charge in [-0.15, -0.1) is 0 Å². The third-order valence-corrected chi connectivity index (χ3v) is 2.99. The van der Waals surface area contributed by atoms with Crippen LogP contribution in [0.2, 0.25) is 0 Å². The maximum absolute atomic E-state index is 5.77. The van der Waals surface area contributed by atoms with E-state index >= 15 is 0 Å². The van der Waals surface area contributed by atoms with E-state index < -0.39 is 0 Å². The fourth-order valence-electron chi connectivity index (χ4n) is 2.12. The molecule has 2 N–H and O–H groups in total. The molecule has 0 aromatic heterocycles. The first-order chi connectivity index (χ1) is 7.77. The highest BCUT2D eigenvalue weighted by Gasteiger charge is 2.01. The van der Waals surface area contributed by atoms with Crippen molar-refractivity contribution in [2.45, 2.75) is 32.2 Å². The molecule has 0 amide bonds. The molecule has 1 unspecified atom stereocenters. The molecule has 0 aliphatic rings. The molecule has 0 aliphatic heterocycles. The van der Waals surface area contributed by atoms with Gasteiger partial charge in [-0.3, -0.25) is 0 Å². The van der Waals surface area contributed by atoms with Gasteiger partial charge < -0.3 is 5.73 Å². The van der Waals surface area contributed by atoms with Crippen LogP contribution in [-0.2, 0) is 6.42 Å². The molecule has 0 spiro atoms. The Morgan fingerprint density at radius 1 is 1.06 bits per heavy atom. The number of rotatable bonds is 4. The van der Waals surface area contributed by atoms with Gasteiger partial charge in [-0.05, 0) is 42.5 Å². The van der Waals surface area contributed by atoms with E-state index in [2.05, 4.69) is 49.4 Å². The van der Waals surface area contributed by atoms with E-state index in [-0.39, 0.29) is 0 Å². The van der Waals surface area contributed by atoms with Crippen molar-refractivity contribution in [2.24, 2.45) is 5.73 Å². The van der Waals surface area contributed by atoms with Gasteiger partial charge in [0.1, 0.15) is 0 Å². The van der Waals surface area contributed by atoms with Gasteiger partial charge in [0.05, 0.1) is 0 Å². The number of benzene rings is 2. The van der Waals surface area contributed by atoms with Crippen LogP contribution in [0.25, 0.3) is 10.8 Å². The average Bonchev–Trinajstić information content (AvgIpc) is 2.29. The zero-order valence-corrected chi connectivity index (χ0v) is 9.82. The molecule has 0 heterocycles. The highest BCUT2D eigenvalue weighted by atomic mass is 14.6. The minimum absolute atomic E-state index is 0.315. The van der Waals surface area contributed by atoms with Crippen LogP contribution in [0.4, 0.5) is 0 Å². The van der Waals surface area contributed by atoms with Crippen LogP contribution >= 0.6 is 0 Å². The van der Waals surface area contributed by atoms with Gasteiger partial charge in [0.25, 0.3) is 0 Å².